The summed E-state index contributed by atoms with van der Waals surface area (Å²) in [4.78, 5) is 5.94. The number of rotatable bonds is 1. The Morgan fingerprint density at radius 3 is 2.22 bits per heavy atom. The molecule has 1 aliphatic carbocycles. The van der Waals surface area contributed by atoms with Crippen LogP contribution < -0.4 is 5.06 Å². The minimum Gasteiger partial charge on any atom is -0.265 e. The Morgan fingerprint density at radius 1 is 1.06 bits per heavy atom. The first-order chi connectivity index (χ1) is 8.54. The largest absolute Gasteiger partial charge is 0.265 e. The molecule has 0 amide bonds. The number of nitrogens with zero attached hydrogens (tertiary/aromatic N) is 1. The second kappa shape index (κ2) is 4.13. The van der Waals surface area contributed by atoms with E-state index in [-0.39, 0.29) is 11.5 Å². The third-order valence-electron chi connectivity index (χ3n) is 3.83. The van der Waals surface area contributed by atoms with Crippen LogP contribution in [0.3, 0.4) is 0 Å². The highest BCUT2D eigenvalue weighted by Crippen LogP contribution is 2.33. The Morgan fingerprint density at radius 2 is 1.78 bits per heavy atom. The van der Waals surface area contributed by atoms with Crippen molar-refractivity contribution in [2.45, 2.75) is 51.2 Å². The van der Waals surface area contributed by atoms with Crippen LogP contribution >= 0.6 is 0 Å². The third kappa shape index (κ3) is 2.05. The summed E-state index contributed by atoms with van der Waals surface area (Å²) in [5.41, 5.74) is 2.74. The van der Waals surface area contributed by atoms with Crippen LogP contribution in [0.2, 0.25) is 0 Å². The Hall–Kier alpha value is -1.28. The van der Waals surface area contributed by atoms with Gasteiger partial charge in [-0.1, -0.05) is 45.1 Å². The summed E-state index contributed by atoms with van der Waals surface area (Å²) in [6, 6.07) is 9.19. The molecule has 96 valence electrons. The molecule has 2 bridgehead atoms. The average Bonchev–Trinajstić information content (AvgIpc) is 2.39. The SMILES string of the molecule is CC(C)(C)c1ccc(N2OC3C=CC2CC3)cc1. The number of hydrogen-bond acceptors (Lipinski definition) is 2. The summed E-state index contributed by atoms with van der Waals surface area (Å²) in [6.45, 7) is 6.72. The van der Waals surface area contributed by atoms with E-state index in [2.05, 4.69) is 62.3 Å². The lowest BCUT2D eigenvalue weighted by atomic mass is 9.87. The highest BCUT2D eigenvalue weighted by molar-refractivity contribution is 5.49. The van der Waals surface area contributed by atoms with Gasteiger partial charge >= 0.3 is 0 Å². The summed E-state index contributed by atoms with van der Waals surface area (Å²) >= 11 is 0. The van der Waals surface area contributed by atoms with Crippen LogP contribution in [0.15, 0.2) is 36.4 Å². The highest BCUT2D eigenvalue weighted by Gasteiger charge is 2.31. The fraction of sp³-hybridized carbons (Fsp3) is 0.500. The molecule has 0 spiro atoms. The van der Waals surface area contributed by atoms with Gasteiger partial charge in [0.05, 0.1) is 11.7 Å². The van der Waals surface area contributed by atoms with E-state index in [4.69, 9.17) is 4.84 Å². The topological polar surface area (TPSA) is 12.5 Å². The van der Waals surface area contributed by atoms with Crippen molar-refractivity contribution in [3.8, 4) is 0 Å². The maximum absolute atomic E-state index is 5.94. The number of fused-ring (bicyclic) bond motifs is 2. The van der Waals surface area contributed by atoms with Crippen LogP contribution in [-0.4, -0.2) is 12.1 Å². The van der Waals surface area contributed by atoms with Crippen LogP contribution in [0, 0.1) is 0 Å². The van der Waals surface area contributed by atoms with Crippen molar-refractivity contribution in [1.29, 1.82) is 0 Å². The fourth-order valence-corrected chi connectivity index (χ4v) is 2.65. The summed E-state index contributed by atoms with van der Waals surface area (Å²) in [5.74, 6) is 0. The molecule has 2 atom stereocenters. The summed E-state index contributed by atoms with van der Waals surface area (Å²) in [7, 11) is 0. The molecule has 2 aliphatic heterocycles. The molecule has 2 heterocycles. The van der Waals surface area contributed by atoms with Crippen molar-refractivity contribution in [3.63, 3.8) is 0 Å². The van der Waals surface area contributed by atoms with E-state index in [0.717, 1.165) is 6.42 Å². The molecule has 2 unspecified atom stereocenters. The zero-order valence-electron chi connectivity index (χ0n) is 11.4. The van der Waals surface area contributed by atoms with Gasteiger partial charge in [0, 0.05) is 0 Å². The van der Waals surface area contributed by atoms with E-state index in [9.17, 15) is 0 Å². The first-order valence-electron chi connectivity index (χ1n) is 6.79. The van der Waals surface area contributed by atoms with Gasteiger partial charge in [0.2, 0.25) is 0 Å². The lowest BCUT2D eigenvalue weighted by Crippen LogP contribution is -2.45. The summed E-state index contributed by atoms with van der Waals surface area (Å²) in [6.07, 6.45) is 7.08. The molecule has 1 fully saturated rings. The number of hydrogen-bond donors (Lipinski definition) is 0. The maximum atomic E-state index is 5.94. The van der Waals surface area contributed by atoms with Crippen molar-refractivity contribution < 1.29 is 4.84 Å². The fourth-order valence-electron chi connectivity index (χ4n) is 2.65. The van der Waals surface area contributed by atoms with Gasteiger partial charge in [0.1, 0.15) is 6.10 Å². The molecule has 2 nitrogen and oxygen atoms in total. The van der Waals surface area contributed by atoms with Gasteiger partial charge in [-0.05, 0) is 36.0 Å². The Labute approximate surface area is 109 Å². The van der Waals surface area contributed by atoms with Gasteiger partial charge in [0.25, 0.3) is 0 Å². The summed E-state index contributed by atoms with van der Waals surface area (Å²) < 4.78 is 0. The molecule has 0 saturated carbocycles. The smallest absolute Gasteiger partial charge is 0.104 e. The van der Waals surface area contributed by atoms with Crippen LogP contribution in [0.25, 0.3) is 0 Å². The van der Waals surface area contributed by atoms with Crippen LogP contribution in [-0.2, 0) is 10.3 Å². The standard InChI is InChI=1S/C16H21NO/c1-16(2,3)12-4-6-13(7-5-12)17-14-8-10-15(18-17)11-9-14/h4-8,10,14-15H,9,11H2,1-3H3. The minimum absolute atomic E-state index is 0.209. The highest BCUT2D eigenvalue weighted by atomic mass is 16.7. The van der Waals surface area contributed by atoms with Crippen molar-refractivity contribution in [3.05, 3.63) is 42.0 Å². The van der Waals surface area contributed by atoms with Crippen molar-refractivity contribution in [2.75, 3.05) is 5.06 Å². The molecule has 1 saturated heterocycles. The lowest BCUT2D eigenvalue weighted by molar-refractivity contribution is 0.00352. The monoisotopic (exact) mass is 243 g/mol. The normalized spacial score (nSPS) is 26.7. The molecule has 1 aromatic rings. The molecular weight excluding hydrogens is 222 g/mol. The van der Waals surface area contributed by atoms with Gasteiger partial charge < -0.3 is 0 Å². The minimum atomic E-state index is 0.209. The zero-order valence-corrected chi connectivity index (χ0v) is 11.4. The predicted molar refractivity (Wildman–Crippen MR) is 74.7 cm³/mol. The average molecular weight is 243 g/mol. The van der Waals surface area contributed by atoms with Crippen molar-refractivity contribution >= 4 is 5.69 Å². The summed E-state index contributed by atoms with van der Waals surface area (Å²) in [5, 5.41) is 2.07. The van der Waals surface area contributed by atoms with Crippen LogP contribution in [0.4, 0.5) is 5.69 Å². The maximum Gasteiger partial charge on any atom is 0.104 e. The van der Waals surface area contributed by atoms with Gasteiger partial charge in [-0.2, -0.15) is 0 Å². The molecule has 4 rings (SSSR count). The van der Waals surface area contributed by atoms with Gasteiger partial charge in [-0.25, -0.2) is 5.06 Å². The van der Waals surface area contributed by atoms with Gasteiger partial charge in [-0.15, -0.1) is 0 Å². The van der Waals surface area contributed by atoms with E-state index in [1.165, 1.54) is 17.7 Å². The number of hydroxylamine groups is 1. The molecule has 0 radical (unpaired) electrons. The molecule has 2 heteroatoms. The lowest BCUT2D eigenvalue weighted by Gasteiger charge is -2.41. The number of benzene rings is 1. The van der Waals surface area contributed by atoms with E-state index in [1.54, 1.807) is 0 Å². The molecule has 0 N–H and O–H groups in total. The Balaban J connectivity index is 1.84. The van der Waals surface area contributed by atoms with E-state index in [1.807, 2.05) is 0 Å². The third-order valence-corrected chi connectivity index (χ3v) is 3.83. The first-order valence-corrected chi connectivity index (χ1v) is 6.79. The molecule has 0 aromatic heterocycles. The number of anilines is 1. The molecule has 3 aliphatic rings. The van der Waals surface area contributed by atoms with E-state index < -0.39 is 0 Å². The second-order valence-corrected chi connectivity index (χ2v) is 6.30. The predicted octanol–water partition coefficient (Wildman–Crippen LogP) is 3.82. The molecular formula is C16H21NO. The molecule has 18 heavy (non-hydrogen) atoms. The van der Waals surface area contributed by atoms with Gasteiger partial charge in [-0.3, -0.25) is 4.84 Å². The van der Waals surface area contributed by atoms with Crippen molar-refractivity contribution in [1.82, 2.24) is 0 Å². The Bertz CT molecular complexity index is 455. The zero-order chi connectivity index (χ0) is 12.8. The van der Waals surface area contributed by atoms with Gasteiger partial charge in [0.15, 0.2) is 0 Å². The van der Waals surface area contributed by atoms with Crippen LogP contribution in [0.1, 0.15) is 39.2 Å². The van der Waals surface area contributed by atoms with Crippen molar-refractivity contribution in [2.24, 2.45) is 0 Å². The van der Waals surface area contributed by atoms with Crippen LogP contribution in [0.5, 0.6) is 0 Å². The quantitative estimate of drug-likeness (QED) is 0.695. The second-order valence-electron chi connectivity index (χ2n) is 6.30. The van der Waals surface area contributed by atoms with E-state index in [0.29, 0.717) is 6.04 Å². The van der Waals surface area contributed by atoms with E-state index >= 15 is 0 Å². The first kappa shape index (κ1) is 11.8. The Kier molecular flexibility index (Phi) is 2.70. The molecule has 1 aromatic carbocycles.